The number of rotatable bonds is 6. The zero-order valence-corrected chi connectivity index (χ0v) is 18.9. The molecule has 7 nitrogen and oxygen atoms in total. The van der Waals surface area contributed by atoms with E-state index in [2.05, 4.69) is 10.3 Å². The van der Waals surface area contributed by atoms with E-state index in [1.165, 1.54) is 4.90 Å². The predicted molar refractivity (Wildman–Crippen MR) is 123 cm³/mol. The number of nitrogens with one attached hydrogen (secondary N) is 1. The molecule has 0 atom stereocenters. The smallest absolute Gasteiger partial charge is 0.272 e. The van der Waals surface area contributed by atoms with Gasteiger partial charge in [-0.25, -0.2) is 4.98 Å². The van der Waals surface area contributed by atoms with Crippen molar-refractivity contribution < 1.29 is 9.59 Å². The van der Waals surface area contributed by atoms with E-state index < -0.39 is 5.91 Å². The summed E-state index contributed by atoms with van der Waals surface area (Å²) in [5, 5.41) is 3.29. The Kier molecular flexibility index (Phi) is 6.97. The number of amides is 2. The van der Waals surface area contributed by atoms with Gasteiger partial charge in [0.2, 0.25) is 5.91 Å². The maximum atomic E-state index is 13.0. The molecule has 2 aromatic carbocycles. The Morgan fingerprint density at radius 3 is 2.42 bits per heavy atom. The number of halogens is 2. The molecule has 1 aromatic heterocycles. The Balaban J connectivity index is 1.84. The van der Waals surface area contributed by atoms with Gasteiger partial charge in [-0.2, -0.15) is 0 Å². The van der Waals surface area contributed by atoms with Crippen molar-refractivity contribution in [2.24, 2.45) is 0 Å². The molecule has 0 radical (unpaired) electrons. The van der Waals surface area contributed by atoms with Crippen molar-refractivity contribution in [1.82, 2.24) is 14.5 Å². The van der Waals surface area contributed by atoms with E-state index in [1.54, 1.807) is 54.8 Å². The van der Waals surface area contributed by atoms with Crippen molar-refractivity contribution in [2.75, 3.05) is 18.4 Å². The third kappa shape index (κ3) is 4.73. The molecule has 0 bridgehead atoms. The molecule has 2 amide bonds. The monoisotopic (exact) mass is 460 g/mol. The number of likely N-dealkylation sites (N-methyl/N-ethyl adjacent to an activating group) is 1. The highest BCUT2D eigenvalue weighted by Crippen LogP contribution is 2.29. The van der Waals surface area contributed by atoms with Gasteiger partial charge in [0.25, 0.3) is 11.5 Å². The molecule has 9 heteroatoms. The number of aryl methyl sites for hydroxylation is 2. The Morgan fingerprint density at radius 1 is 1.13 bits per heavy atom. The SMILES string of the molecule is CCN(CC(=O)Nc1c(Cl)cccc1Cl)C(=O)c1ccc2c(c1)nc(C)c(=O)n2CC. The Morgan fingerprint density at radius 2 is 1.81 bits per heavy atom. The fourth-order valence-corrected chi connectivity index (χ4v) is 3.79. The molecule has 0 spiro atoms. The fraction of sp³-hybridized carbons (Fsp3) is 0.273. The highest BCUT2D eigenvalue weighted by molar-refractivity contribution is 6.39. The minimum Gasteiger partial charge on any atom is -0.330 e. The number of carbonyl (C=O) groups excluding carboxylic acids is 2. The quantitative estimate of drug-likeness (QED) is 0.598. The first-order chi connectivity index (χ1) is 14.8. The molecule has 1 heterocycles. The molecular weight excluding hydrogens is 439 g/mol. The van der Waals surface area contributed by atoms with Gasteiger partial charge < -0.3 is 14.8 Å². The van der Waals surface area contributed by atoms with Crippen molar-refractivity contribution in [1.29, 1.82) is 0 Å². The van der Waals surface area contributed by atoms with Crippen LogP contribution in [0.5, 0.6) is 0 Å². The molecule has 3 aromatic rings. The normalized spacial score (nSPS) is 10.9. The number of hydrogen-bond donors (Lipinski definition) is 1. The predicted octanol–water partition coefficient (Wildman–Crippen LogP) is 4.13. The van der Waals surface area contributed by atoms with Crippen LogP contribution in [0.1, 0.15) is 29.9 Å². The molecule has 0 aliphatic rings. The van der Waals surface area contributed by atoms with E-state index in [9.17, 15) is 14.4 Å². The summed E-state index contributed by atoms with van der Waals surface area (Å²) in [6.07, 6.45) is 0. The summed E-state index contributed by atoms with van der Waals surface area (Å²) < 4.78 is 1.62. The highest BCUT2D eigenvalue weighted by atomic mass is 35.5. The van der Waals surface area contributed by atoms with Crippen LogP contribution >= 0.6 is 23.2 Å². The lowest BCUT2D eigenvalue weighted by Gasteiger charge is -2.21. The van der Waals surface area contributed by atoms with Crippen LogP contribution in [0.2, 0.25) is 10.0 Å². The standard InChI is InChI=1S/C22H22Cl2N4O3/c1-4-27(12-19(29)26-20-15(23)7-6-8-16(20)24)22(31)14-9-10-18-17(11-14)25-13(3)21(30)28(18)5-2/h6-11H,4-5,12H2,1-3H3,(H,26,29). The summed E-state index contributed by atoms with van der Waals surface area (Å²) in [4.78, 5) is 43.6. The second kappa shape index (κ2) is 9.49. The summed E-state index contributed by atoms with van der Waals surface area (Å²) in [6.45, 7) is 5.95. The van der Waals surface area contributed by atoms with Gasteiger partial charge >= 0.3 is 0 Å². The summed E-state index contributed by atoms with van der Waals surface area (Å²) in [5.74, 6) is -0.738. The van der Waals surface area contributed by atoms with Crippen molar-refractivity contribution in [3.63, 3.8) is 0 Å². The molecule has 0 saturated carbocycles. The fourth-order valence-electron chi connectivity index (χ4n) is 3.30. The molecule has 1 N–H and O–H groups in total. The van der Waals surface area contributed by atoms with Gasteiger partial charge in [-0.3, -0.25) is 14.4 Å². The Hall–Kier alpha value is -2.90. The van der Waals surface area contributed by atoms with Gasteiger partial charge in [0, 0.05) is 18.7 Å². The molecular formula is C22H22Cl2N4O3. The van der Waals surface area contributed by atoms with Gasteiger partial charge in [0.1, 0.15) is 12.2 Å². The number of nitrogens with zero attached hydrogens (tertiary/aromatic N) is 3. The van der Waals surface area contributed by atoms with Crippen LogP contribution in [-0.4, -0.2) is 39.4 Å². The number of hydrogen-bond acceptors (Lipinski definition) is 4. The minimum atomic E-state index is -0.417. The van der Waals surface area contributed by atoms with Gasteiger partial charge in [0.15, 0.2) is 0 Å². The van der Waals surface area contributed by atoms with E-state index in [-0.39, 0.29) is 18.0 Å². The average Bonchev–Trinajstić information content (AvgIpc) is 2.75. The van der Waals surface area contributed by atoms with Gasteiger partial charge in [0.05, 0.1) is 26.8 Å². The summed E-state index contributed by atoms with van der Waals surface area (Å²) in [7, 11) is 0. The number of para-hydroxylation sites is 1. The molecule has 31 heavy (non-hydrogen) atoms. The van der Waals surface area contributed by atoms with E-state index in [0.717, 1.165) is 0 Å². The van der Waals surface area contributed by atoms with E-state index in [0.29, 0.717) is 51.1 Å². The molecule has 0 aliphatic heterocycles. The lowest BCUT2D eigenvalue weighted by atomic mass is 10.1. The van der Waals surface area contributed by atoms with Crippen molar-refractivity contribution >= 4 is 51.7 Å². The Labute approximate surface area is 189 Å². The van der Waals surface area contributed by atoms with Crippen molar-refractivity contribution in [3.05, 3.63) is 68.1 Å². The molecule has 0 unspecified atom stereocenters. The van der Waals surface area contributed by atoms with Gasteiger partial charge in [-0.15, -0.1) is 0 Å². The number of fused-ring (bicyclic) bond motifs is 1. The van der Waals surface area contributed by atoms with Crippen LogP contribution in [0, 0.1) is 6.92 Å². The third-order valence-corrected chi connectivity index (χ3v) is 5.53. The first kappa shape index (κ1) is 22.8. The lowest BCUT2D eigenvalue weighted by Crippen LogP contribution is -2.38. The summed E-state index contributed by atoms with van der Waals surface area (Å²) in [5.41, 5.74) is 2.10. The summed E-state index contributed by atoms with van der Waals surface area (Å²) in [6, 6.07) is 9.89. The largest absolute Gasteiger partial charge is 0.330 e. The highest BCUT2D eigenvalue weighted by Gasteiger charge is 2.20. The first-order valence-electron chi connectivity index (χ1n) is 9.81. The first-order valence-corrected chi connectivity index (χ1v) is 10.6. The van der Waals surface area contributed by atoms with Crippen LogP contribution in [0.25, 0.3) is 11.0 Å². The minimum absolute atomic E-state index is 0.154. The molecule has 162 valence electrons. The van der Waals surface area contributed by atoms with Gasteiger partial charge in [-0.05, 0) is 51.1 Å². The second-order valence-electron chi connectivity index (χ2n) is 6.91. The van der Waals surface area contributed by atoms with E-state index in [4.69, 9.17) is 23.2 Å². The van der Waals surface area contributed by atoms with Crippen molar-refractivity contribution in [2.45, 2.75) is 27.3 Å². The van der Waals surface area contributed by atoms with Crippen LogP contribution < -0.4 is 10.9 Å². The van der Waals surface area contributed by atoms with Crippen LogP contribution in [0.3, 0.4) is 0 Å². The van der Waals surface area contributed by atoms with Crippen molar-refractivity contribution in [3.8, 4) is 0 Å². The molecule has 0 aliphatic carbocycles. The van der Waals surface area contributed by atoms with Crippen LogP contribution in [-0.2, 0) is 11.3 Å². The zero-order valence-electron chi connectivity index (χ0n) is 17.4. The number of aromatic nitrogens is 2. The van der Waals surface area contributed by atoms with Crippen LogP contribution in [0.4, 0.5) is 5.69 Å². The summed E-state index contributed by atoms with van der Waals surface area (Å²) >= 11 is 12.2. The average molecular weight is 461 g/mol. The zero-order chi connectivity index (χ0) is 22.7. The van der Waals surface area contributed by atoms with E-state index >= 15 is 0 Å². The topological polar surface area (TPSA) is 84.3 Å². The second-order valence-corrected chi connectivity index (χ2v) is 7.73. The Bertz CT molecular complexity index is 1200. The number of anilines is 1. The van der Waals surface area contributed by atoms with Gasteiger partial charge in [-0.1, -0.05) is 29.3 Å². The number of benzene rings is 2. The number of carbonyl (C=O) groups is 2. The van der Waals surface area contributed by atoms with E-state index in [1.807, 2.05) is 6.92 Å². The maximum Gasteiger partial charge on any atom is 0.272 e. The van der Waals surface area contributed by atoms with Crippen LogP contribution in [0.15, 0.2) is 41.2 Å². The molecule has 3 rings (SSSR count). The lowest BCUT2D eigenvalue weighted by molar-refractivity contribution is -0.116. The third-order valence-electron chi connectivity index (χ3n) is 4.90. The maximum absolute atomic E-state index is 13.0. The molecule has 0 fully saturated rings. The molecule has 0 saturated heterocycles.